The summed E-state index contributed by atoms with van der Waals surface area (Å²) in [6.07, 6.45) is 0.489. The van der Waals surface area contributed by atoms with Gasteiger partial charge < -0.3 is 19.5 Å². The third-order valence-electron chi connectivity index (χ3n) is 4.88. The molecule has 0 radical (unpaired) electrons. The summed E-state index contributed by atoms with van der Waals surface area (Å²) < 4.78 is 15.0. The van der Waals surface area contributed by atoms with Gasteiger partial charge in [-0.15, -0.1) is 0 Å². The van der Waals surface area contributed by atoms with E-state index in [1.165, 1.54) is 7.11 Å². The van der Waals surface area contributed by atoms with Crippen LogP contribution in [0, 0.1) is 5.92 Å². The number of hydrogen-bond acceptors (Lipinski definition) is 7. The van der Waals surface area contributed by atoms with Crippen LogP contribution in [0.1, 0.15) is 19.8 Å². The highest BCUT2D eigenvalue weighted by molar-refractivity contribution is 5.95. The predicted molar refractivity (Wildman–Crippen MR) is 95.5 cm³/mol. The van der Waals surface area contributed by atoms with Crippen LogP contribution < -0.4 is 20.1 Å². The molecule has 0 spiro atoms. The fraction of sp³-hybridized carbons (Fsp3) is 0.500. The molecular weight excluding hydrogens is 354 g/mol. The maximum Gasteiger partial charge on any atom is 0.413 e. The smallest absolute Gasteiger partial charge is 0.413 e. The maximum absolute atomic E-state index is 12.5. The van der Waals surface area contributed by atoms with Crippen molar-refractivity contribution in [3.8, 4) is 11.5 Å². The van der Waals surface area contributed by atoms with Crippen molar-refractivity contribution in [1.29, 1.82) is 0 Å². The molecule has 2 heterocycles. The molecule has 3 rings (SSSR count). The minimum Gasteiger partial charge on any atom is -0.454 e. The van der Waals surface area contributed by atoms with Crippen molar-refractivity contribution in [2.24, 2.45) is 5.92 Å². The lowest BCUT2D eigenvalue weighted by Crippen LogP contribution is -2.50. The van der Waals surface area contributed by atoms with E-state index in [-0.39, 0.29) is 18.6 Å². The van der Waals surface area contributed by atoms with Gasteiger partial charge in [0.2, 0.25) is 18.6 Å². The number of hydrogen-bond donors (Lipinski definition) is 2. The third-order valence-corrected chi connectivity index (χ3v) is 4.88. The largest absolute Gasteiger partial charge is 0.454 e. The number of benzene rings is 1. The molecule has 0 unspecified atom stereocenters. The first-order chi connectivity index (χ1) is 13.0. The van der Waals surface area contributed by atoms with Crippen molar-refractivity contribution in [1.82, 2.24) is 10.2 Å². The van der Waals surface area contributed by atoms with E-state index in [0.717, 1.165) is 0 Å². The van der Waals surface area contributed by atoms with Crippen molar-refractivity contribution in [3.05, 3.63) is 18.2 Å². The number of alkyl carbamates (subject to hydrolysis) is 1. The lowest BCUT2D eigenvalue weighted by Gasteiger charge is -2.34. The number of piperidine rings is 1. The Labute approximate surface area is 156 Å². The molecule has 27 heavy (non-hydrogen) atoms. The van der Waals surface area contributed by atoms with Crippen LogP contribution in [0.3, 0.4) is 0 Å². The van der Waals surface area contributed by atoms with Gasteiger partial charge in [0.05, 0.1) is 13.2 Å². The summed E-state index contributed by atoms with van der Waals surface area (Å²) in [7, 11) is 1.21. The number of likely N-dealkylation sites (tertiary alicyclic amines) is 1. The van der Waals surface area contributed by atoms with Gasteiger partial charge in [0.25, 0.3) is 0 Å². The number of carbonyl (C=O) groups is 3. The molecule has 1 saturated heterocycles. The summed E-state index contributed by atoms with van der Waals surface area (Å²) in [4.78, 5) is 37.6. The zero-order valence-corrected chi connectivity index (χ0v) is 15.3. The summed E-state index contributed by atoms with van der Waals surface area (Å²) in [5.41, 5.74) is 0.664. The quantitative estimate of drug-likeness (QED) is 0.815. The Morgan fingerprint density at radius 1 is 1.19 bits per heavy atom. The van der Waals surface area contributed by atoms with Gasteiger partial charge in [-0.25, -0.2) is 4.79 Å². The summed E-state index contributed by atoms with van der Waals surface area (Å²) in [6.45, 7) is 3.10. The molecule has 0 bridgehead atoms. The van der Waals surface area contributed by atoms with E-state index in [4.69, 9.17) is 9.47 Å². The molecule has 0 aromatic heterocycles. The Morgan fingerprint density at radius 2 is 1.89 bits per heavy atom. The van der Waals surface area contributed by atoms with E-state index in [2.05, 4.69) is 15.4 Å². The van der Waals surface area contributed by atoms with Crippen molar-refractivity contribution >= 4 is 23.6 Å². The topological polar surface area (TPSA) is 106 Å². The van der Waals surface area contributed by atoms with Gasteiger partial charge in [0.1, 0.15) is 0 Å². The van der Waals surface area contributed by atoms with Gasteiger partial charge >= 0.3 is 6.09 Å². The molecule has 1 fully saturated rings. The van der Waals surface area contributed by atoms with Crippen LogP contribution in [0.5, 0.6) is 11.5 Å². The minimum atomic E-state index is -0.773. The van der Waals surface area contributed by atoms with Crippen molar-refractivity contribution in [2.75, 3.05) is 32.3 Å². The van der Waals surface area contributed by atoms with Crippen molar-refractivity contribution < 1.29 is 28.6 Å². The lowest BCUT2D eigenvalue weighted by atomic mass is 9.94. The number of rotatable bonds is 4. The Balaban J connectivity index is 1.49. The molecular formula is C18H23N3O6. The van der Waals surface area contributed by atoms with Crippen LogP contribution in [0.25, 0.3) is 0 Å². The first-order valence-corrected chi connectivity index (χ1v) is 8.81. The second-order valence-corrected chi connectivity index (χ2v) is 6.52. The van der Waals surface area contributed by atoms with Crippen molar-refractivity contribution in [3.63, 3.8) is 0 Å². The van der Waals surface area contributed by atoms with E-state index >= 15 is 0 Å². The van der Waals surface area contributed by atoms with Crippen LogP contribution in [-0.2, 0) is 14.3 Å². The third kappa shape index (κ3) is 4.48. The standard InChI is InChI=1S/C18H23N3O6/c1-11(16(22)20-18(24)25-2)21-7-5-12(6-8-21)17(23)19-13-3-4-14-15(9-13)27-10-26-14/h3-4,9,11-12H,5-8,10H2,1-2H3,(H,19,23)(H,20,22,24)/t11-/m1/s1. The van der Waals surface area contributed by atoms with Crippen LogP contribution in [0.4, 0.5) is 10.5 Å². The van der Waals surface area contributed by atoms with Gasteiger partial charge in [-0.05, 0) is 45.0 Å². The van der Waals surface area contributed by atoms with E-state index in [1.54, 1.807) is 25.1 Å². The van der Waals surface area contributed by atoms with Gasteiger partial charge in [-0.1, -0.05) is 0 Å². The van der Waals surface area contributed by atoms with Gasteiger partial charge in [0, 0.05) is 17.7 Å². The first-order valence-electron chi connectivity index (χ1n) is 8.81. The van der Waals surface area contributed by atoms with Gasteiger partial charge in [0.15, 0.2) is 11.5 Å². The van der Waals surface area contributed by atoms with E-state index in [0.29, 0.717) is 43.1 Å². The molecule has 1 aromatic rings. The number of nitrogens with zero attached hydrogens (tertiary/aromatic N) is 1. The highest BCUT2D eigenvalue weighted by Crippen LogP contribution is 2.34. The molecule has 0 aliphatic carbocycles. The van der Waals surface area contributed by atoms with Crippen LogP contribution >= 0.6 is 0 Å². The predicted octanol–water partition coefficient (Wildman–Crippen LogP) is 1.34. The second kappa shape index (κ2) is 8.26. The first kappa shape index (κ1) is 19.0. The fourth-order valence-corrected chi connectivity index (χ4v) is 3.19. The zero-order valence-electron chi connectivity index (χ0n) is 15.3. The number of fused-ring (bicyclic) bond motifs is 1. The number of nitrogens with one attached hydrogen (secondary N) is 2. The Bertz CT molecular complexity index is 730. The highest BCUT2D eigenvalue weighted by Gasteiger charge is 2.30. The lowest BCUT2D eigenvalue weighted by molar-refractivity contribution is -0.126. The van der Waals surface area contributed by atoms with Crippen molar-refractivity contribution in [2.45, 2.75) is 25.8 Å². The van der Waals surface area contributed by atoms with Gasteiger partial charge in [-0.2, -0.15) is 0 Å². The van der Waals surface area contributed by atoms with E-state index < -0.39 is 18.0 Å². The number of imide groups is 1. The molecule has 2 aliphatic rings. The molecule has 3 amide bonds. The minimum absolute atomic E-state index is 0.0554. The van der Waals surface area contributed by atoms with Crippen LogP contribution in [0.2, 0.25) is 0 Å². The summed E-state index contributed by atoms with van der Waals surface area (Å²) in [5.74, 6) is 0.682. The monoisotopic (exact) mass is 377 g/mol. The molecule has 2 N–H and O–H groups in total. The molecule has 9 nitrogen and oxygen atoms in total. The average Bonchev–Trinajstić information content (AvgIpc) is 3.15. The molecule has 1 aromatic carbocycles. The summed E-state index contributed by atoms with van der Waals surface area (Å²) in [5, 5.41) is 5.08. The van der Waals surface area contributed by atoms with E-state index in [1.807, 2.05) is 4.90 Å². The molecule has 9 heteroatoms. The fourth-order valence-electron chi connectivity index (χ4n) is 3.19. The maximum atomic E-state index is 12.5. The van der Waals surface area contributed by atoms with Gasteiger partial charge in [-0.3, -0.25) is 19.8 Å². The number of carbonyl (C=O) groups excluding carboxylic acids is 3. The summed E-state index contributed by atoms with van der Waals surface area (Å²) >= 11 is 0. The number of methoxy groups -OCH3 is 1. The average molecular weight is 377 g/mol. The molecule has 2 aliphatic heterocycles. The normalized spacial score (nSPS) is 17.9. The zero-order chi connectivity index (χ0) is 19.4. The molecule has 1 atom stereocenters. The van der Waals surface area contributed by atoms with E-state index in [9.17, 15) is 14.4 Å². The molecule has 146 valence electrons. The second-order valence-electron chi connectivity index (χ2n) is 6.52. The SMILES string of the molecule is COC(=O)NC(=O)[C@@H](C)N1CCC(C(=O)Nc2ccc3c(c2)OCO3)CC1. The number of ether oxygens (including phenoxy) is 3. The Kier molecular flexibility index (Phi) is 5.80. The van der Waals surface area contributed by atoms with Crippen LogP contribution in [-0.4, -0.2) is 55.8 Å². The Morgan fingerprint density at radius 3 is 2.59 bits per heavy atom. The summed E-state index contributed by atoms with van der Waals surface area (Å²) in [6, 6.07) is 4.82. The van der Waals surface area contributed by atoms with Crippen LogP contribution in [0.15, 0.2) is 18.2 Å². The Hall–Kier alpha value is -2.81. The number of anilines is 1. The highest BCUT2D eigenvalue weighted by atomic mass is 16.7. The number of amides is 3. The molecule has 0 saturated carbocycles.